The Morgan fingerprint density at radius 2 is 1.86 bits per heavy atom. The topological polar surface area (TPSA) is 55.8 Å². The van der Waals surface area contributed by atoms with Crippen molar-refractivity contribution in [2.75, 3.05) is 13.7 Å². The zero-order valence-electron chi connectivity index (χ0n) is 12.3. The van der Waals surface area contributed by atoms with Gasteiger partial charge in [-0.2, -0.15) is 0 Å². The van der Waals surface area contributed by atoms with Crippen LogP contribution in [0.25, 0.3) is 16.8 Å². The molecule has 0 saturated carbocycles. The van der Waals surface area contributed by atoms with E-state index in [1.54, 1.807) is 20.1 Å². The molecule has 0 N–H and O–H groups in total. The molecule has 2 aromatic rings. The molecule has 5 heteroatoms. The molecule has 0 bridgehead atoms. The number of rotatable bonds is 3. The summed E-state index contributed by atoms with van der Waals surface area (Å²) in [5, 5.41) is 1.86. The van der Waals surface area contributed by atoms with Crippen molar-refractivity contribution in [1.82, 2.24) is 4.90 Å². The minimum Gasteiger partial charge on any atom is -0.496 e. The number of likely N-dealkylation sites (N-methyl/N-ethyl adjacent to an activating group) is 1. The number of cyclic esters (lactones) is 1. The first kappa shape index (κ1) is 14.1. The van der Waals surface area contributed by atoms with Crippen molar-refractivity contribution in [3.8, 4) is 5.75 Å². The average molecular weight is 297 g/mol. The highest BCUT2D eigenvalue weighted by atomic mass is 16.6. The third-order valence-electron chi connectivity index (χ3n) is 3.61. The molecule has 0 atom stereocenters. The number of methoxy groups -OCH3 is 1. The van der Waals surface area contributed by atoms with Crippen LogP contribution in [0.5, 0.6) is 5.75 Å². The van der Waals surface area contributed by atoms with Gasteiger partial charge in [-0.25, -0.2) is 9.69 Å². The van der Waals surface area contributed by atoms with Gasteiger partial charge in [0.05, 0.1) is 7.11 Å². The second-order valence-electron chi connectivity index (χ2n) is 4.83. The Morgan fingerprint density at radius 1 is 1.14 bits per heavy atom. The third kappa shape index (κ3) is 2.20. The fraction of sp³-hybridized carbons (Fsp3) is 0.176. The Labute approximate surface area is 127 Å². The molecule has 1 aliphatic heterocycles. The monoisotopic (exact) mass is 297 g/mol. The van der Waals surface area contributed by atoms with Crippen LogP contribution in [0.2, 0.25) is 0 Å². The van der Waals surface area contributed by atoms with E-state index in [2.05, 4.69) is 0 Å². The molecule has 1 aliphatic rings. The standard InChI is InChI=1S/C17H15NO4/c1-3-18-16(19)15(22-17(18)20)10-11-8-9-14(21-2)13-7-5-4-6-12(11)13/h4-10H,3H2,1-2H3. The molecule has 1 saturated heterocycles. The lowest BCUT2D eigenvalue weighted by Gasteiger charge is -2.08. The first-order valence-electron chi connectivity index (χ1n) is 6.96. The van der Waals surface area contributed by atoms with E-state index in [9.17, 15) is 9.59 Å². The molecular formula is C17H15NO4. The first-order valence-corrected chi connectivity index (χ1v) is 6.96. The summed E-state index contributed by atoms with van der Waals surface area (Å²) in [6.45, 7) is 2.02. The lowest BCUT2D eigenvalue weighted by molar-refractivity contribution is -0.123. The largest absolute Gasteiger partial charge is 0.496 e. The van der Waals surface area contributed by atoms with Crippen molar-refractivity contribution < 1.29 is 19.1 Å². The molecule has 0 radical (unpaired) electrons. The van der Waals surface area contributed by atoms with Gasteiger partial charge in [-0.1, -0.05) is 30.3 Å². The van der Waals surface area contributed by atoms with Crippen LogP contribution in [0.1, 0.15) is 12.5 Å². The zero-order valence-corrected chi connectivity index (χ0v) is 12.3. The Morgan fingerprint density at radius 3 is 2.50 bits per heavy atom. The van der Waals surface area contributed by atoms with Gasteiger partial charge in [0, 0.05) is 11.9 Å². The molecule has 2 amide bonds. The lowest BCUT2D eigenvalue weighted by atomic mass is 10.0. The number of hydrogen-bond acceptors (Lipinski definition) is 4. The van der Waals surface area contributed by atoms with Gasteiger partial charge < -0.3 is 9.47 Å². The number of fused-ring (bicyclic) bond motifs is 1. The van der Waals surface area contributed by atoms with Crippen LogP contribution < -0.4 is 4.74 Å². The van der Waals surface area contributed by atoms with Crippen molar-refractivity contribution in [2.24, 2.45) is 0 Å². The third-order valence-corrected chi connectivity index (χ3v) is 3.61. The number of imide groups is 1. The molecule has 22 heavy (non-hydrogen) atoms. The minimum atomic E-state index is -0.628. The van der Waals surface area contributed by atoms with Crippen molar-refractivity contribution in [2.45, 2.75) is 6.92 Å². The highest BCUT2D eigenvalue weighted by Gasteiger charge is 2.35. The molecule has 1 fully saturated rings. The Bertz CT molecular complexity index is 794. The van der Waals surface area contributed by atoms with E-state index >= 15 is 0 Å². The van der Waals surface area contributed by atoms with Gasteiger partial charge >= 0.3 is 6.09 Å². The molecule has 3 rings (SSSR count). The Kier molecular flexibility index (Phi) is 3.55. The van der Waals surface area contributed by atoms with Crippen LogP contribution in [0.4, 0.5) is 4.79 Å². The molecule has 0 unspecified atom stereocenters. The summed E-state index contributed by atoms with van der Waals surface area (Å²) in [6.07, 6.45) is 0.967. The number of nitrogens with zero attached hydrogens (tertiary/aromatic N) is 1. The molecule has 1 heterocycles. The van der Waals surface area contributed by atoms with Gasteiger partial charge in [0.25, 0.3) is 5.91 Å². The van der Waals surface area contributed by atoms with Gasteiger partial charge in [-0.3, -0.25) is 4.79 Å². The van der Waals surface area contributed by atoms with E-state index in [1.807, 2.05) is 36.4 Å². The average Bonchev–Trinajstić information content (AvgIpc) is 2.81. The number of amides is 2. The van der Waals surface area contributed by atoms with Gasteiger partial charge in [0.2, 0.25) is 0 Å². The van der Waals surface area contributed by atoms with Crippen LogP contribution in [0, 0.1) is 0 Å². The second kappa shape index (κ2) is 5.52. The van der Waals surface area contributed by atoms with Gasteiger partial charge in [0.1, 0.15) is 5.75 Å². The summed E-state index contributed by atoms with van der Waals surface area (Å²) in [6, 6.07) is 11.4. The SMILES string of the molecule is CCN1C(=O)OC(=Cc2ccc(OC)c3ccccc23)C1=O. The quantitative estimate of drug-likeness (QED) is 0.816. The highest BCUT2D eigenvalue weighted by molar-refractivity contribution is 6.11. The summed E-state index contributed by atoms with van der Waals surface area (Å²) in [5.41, 5.74) is 0.797. The van der Waals surface area contributed by atoms with E-state index in [0.717, 1.165) is 27.0 Å². The molecule has 112 valence electrons. The molecule has 0 aromatic heterocycles. The Balaban J connectivity index is 2.11. The number of ether oxygens (including phenoxy) is 2. The summed E-state index contributed by atoms with van der Waals surface area (Å²) in [7, 11) is 1.61. The normalized spacial score (nSPS) is 16.5. The molecule has 0 aliphatic carbocycles. The molecule has 0 spiro atoms. The van der Waals surface area contributed by atoms with Crippen molar-refractivity contribution in [3.63, 3.8) is 0 Å². The van der Waals surface area contributed by atoms with Gasteiger partial charge in [-0.05, 0) is 30.0 Å². The summed E-state index contributed by atoms with van der Waals surface area (Å²) in [4.78, 5) is 24.8. The number of hydrogen-bond donors (Lipinski definition) is 0. The second-order valence-corrected chi connectivity index (χ2v) is 4.83. The van der Waals surface area contributed by atoms with E-state index in [-0.39, 0.29) is 5.76 Å². The van der Waals surface area contributed by atoms with E-state index in [1.165, 1.54) is 0 Å². The lowest BCUT2D eigenvalue weighted by Crippen LogP contribution is -2.28. The van der Waals surface area contributed by atoms with Crippen molar-refractivity contribution in [3.05, 3.63) is 47.7 Å². The van der Waals surface area contributed by atoms with Crippen LogP contribution in [-0.2, 0) is 9.53 Å². The van der Waals surface area contributed by atoms with E-state index in [0.29, 0.717) is 6.54 Å². The number of carbonyl (C=O) groups is 2. The first-order chi connectivity index (χ1) is 10.7. The maximum absolute atomic E-state index is 12.1. The summed E-state index contributed by atoms with van der Waals surface area (Å²) >= 11 is 0. The predicted molar refractivity (Wildman–Crippen MR) is 82.3 cm³/mol. The van der Waals surface area contributed by atoms with Gasteiger partial charge in [0.15, 0.2) is 5.76 Å². The smallest absolute Gasteiger partial charge is 0.422 e. The van der Waals surface area contributed by atoms with Gasteiger partial charge in [-0.15, -0.1) is 0 Å². The predicted octanol–water partition coefficient (Wildman–Crippen LogP) is 3.19. The van der Waals surface area contributed by atoms with Crippen LogP contribution in [0.15, 0.2) is 42.2 Å². The van der Waals surface area contributed by atoms with Crippen LogP contribution in [-0.4, -0.2) is 30.6 Å². The summed E-state index contributed by atoms with van der Waals surface area (Å²) < 4.78 is 10.4. The maximum atomic E-state index is 12.1. The van der Waals surface area contributed by atoms with Crippen molar-refractivity contribution >= 4 is 28.8 Å². The summed E-state index contributed by atoms with van der Waals surface area (Å²) in [5.74, 6) is 0.386. The molecule has 2 aromatic carbocycles. The minimum absolute atomic E-state index is 0.0437. The van der Waals surface area contributed by atoms with Crippen LogP contribution in [0.3, 0.4) is 0 Å². The maximum Gasteiger partial charge on any atom is 0.422 e. The molecular weight excluding hydrogens is 282 g/mol. The zero-order chi connectivity index (χ0) is 15.7. The fourth-order valence-electron chi connectivity index (χ4n) is 2.51. The number of carbonyl (C=O) groups excluding carboxylic acids is 2. The Hall–Kier alpha value is -2.82. The van der Waals surface area contributed by atoms with E-state index in [4.69, 9.17) is 9.47 Å². The van der Waals surface area contributed by atoms with Crippen LogP contribution >= 0.6 is 0 Å². The molecule has 5 nitrogen and oxygen atoms in total. The highest BCUT2D eigenvalue weighted by Crippen LogP contribution is 2.30. The number of benzene rings is 2. The fourth-order valence-corrected chi connectivity index (χ4v) is 2.51. The van der Waals surface area contributed by atoms with E-state index < -0.39 is 12.0 Å². The van der Waals surface area contributed by atoms with Crippen molar-refractivity contribution in [1.29, 1.82) is 0 Å².